The molecule has 9 nitrogen and oxygen atoms in total. The molecule has 0 bridgehead atoms. The third kappa shape index (κ3) is 4.91. The molecule has 3 heterocycles. The number of piperazine rings is 1. The van der Waals surface area contributed by atoms with Crippen LogP contribution in [0.3, 0.4) is 0 Å². The number of carbonyl (C=O) groups is 3. The van der Waals surface area contributed by atoms with Gasteiger partial charge in [-0.3, -0.25) is 9.59 Å². The topological polar surface area (TPSA) is 113 Å². The number of rotatable bonds is 6. The summed E-state index contributed by atoms with van der Waals surface area (Å²) in [5.74, 6) is -0.301. The average molecular weight is 487 g/mol. The highest BCUT2D eigenvalue weighted by molar-refractivity contribution is 5.98. The van der Waals surface area contributed by atoms with Crippen molar-refractivity contribution in [1.29, 1.82) is 0 Å². The molecule has 4 N–H and O–H groups in total. The SMILES string of the molecule is C[C@@H](NC(=O)N1CCN(C(=O)c2cc3ccccc3[nH]2)CC1)C(=O)NCCc1c[nH]c2ccccc12. The second-order valence-corrected chi connectivity index (χ2v) is 9.12. The summed E-state index contributed by atoms with van der Waals surface area (Å²) >= 11 is 0. The highest BCUT2D eigenvalue weighted by Crippen LogP contribution is 2.18. The lowest BCUT2D eigenvalue weighted by Crippen LogP contribution is -2.56. The van der Waals surface area contributed by atoms with Crippen LogP contribution in [0.4, 0.5) is 4.79 Å². The van der Waals surface area contributed by atoms with Crippen LogP contribution in [-0.4, -0.2) is 76.4 Å². The Bertz CT molecular complexity index is 1370. The smallest absolute Gasteiger partial charge is 0.318 e. The van der Waals surface area contributed by atoms with Gasteiger partial charge < -0.3 is 30.4 Å². The average Bonchev–Trinajstić information content (AvgIpc) is 3.52. The number of nitrogens with one attached hydrogen (secondary N) is 4. The maximum atomic E-state index is 12.9. The highest BCUT2D eigenvalue weighted by Gasteiger charge is 2.27. The lowest BCUT2D eigenvalue weighted by Gasteiger charge is -2.35. The van der Waals surface area contributed by atoms with Gasteiger partial charge in [0.15, 0.2) is 0 Å². The van der Waals surface area contributed by atoms with E-state index < -0.39 is 6.04 Å². The first-order valence-electron chi connectivity index (χ1n) is 12.2. The predicted octanol–water partition coefficient (Wildman–Crippen LogP) is 2.86. The van der Waals surface area contributed by atoms with Crippen molar-refractivity contribution in [3.63, 3.8) is 0 Å². The molecular formula is C27H30N6O3. The van der Waals surface area contributed by atoms with E-state index in [9.17, 15) is 14.4 Å². The molecule has 4 aromatic rings. The normalized spacial score (nSPS) is 14.7. The molecule has 0 saturated carbocycles. The third-order valence-corrected chi connectivity index (χ3v) is 6.72. The van der Waals surface area contributed by atoms with Gasteiger partial charge in [-0.25, -0.2) is 4.79 Å². The molecule has 1 fully saturated rings. The number of urea groups is 1. The number of aromatic nitrogens is 2. The summed E-state index contributed by atoms with van der Waals surface area (Å²) in [6, 6.07) is 16.7. The van der Waals surface area contributed by atoms with Gasteiger partial charge in [0.2, 0.25) is 5.91 Å². The van der Waals surface area contributed by atoms with E-state index in [2.05, 4.69) is 26.7 Å². The van der Waals surface area contributed by atoms with E-state index in [0.29, 0.717) is 44.8 Å². The highest BCUT2D eigenvalue weighted by atomic mass is 16.2. The summed E-state index contributed by atoms with van der Waals surface area (Å²) in [4.78, 5) is 47.9. The van der Waals surface area contributed by atoms with Gasteiger partial charge in [-0.05, 0) is 37.1 Å². The Morgan fingerprint density at radius 1 is 0.944 bits per heavy atom. The van der Waals surface area contributed by atoms with Crippen LogP contribution >= 0.6 is 0 Å². The molecule has 9 heteroatoms. The molecule has 186 valence electrons. The molecule has 2 aromatic carbocycles. The molecular weight excluding hydrogens is 456 g/mol. The minimum Gasteiger partial charge on any atom is -0.361 e. The Morgan fingerprint density at radius 3 is 2.42 bits per heavy atom. The van der Waals surface area contributed by atoms with E-state index in [1.54, 1.807) is 16.7 Å². The molecule has 4 amide bonds. The van der Waals surface area contributed by atoms with Crippen LogP contribution < -0.4 is 10.6 Å². The first-order chi connectivity index (χ1) is 17.5. The summed E-state index contributed by atoms with van der Waals surface area (Å²) in [5, 5.41) is 7.82. The van der Waals surface area contributed by atoms with Crippen LogP contribution in [0.5, 0.6) is 0 Å². The monoisotopic (exact) mass is 486 g/mol. The Balaban J connectivity index is 1.06. The van der Waals surface area contributed by atoms with Gasteiger partial charge in [0.1, 0.15) is 11.7 Å². The van der Waals surface area contributed by atoms with Crippen molar-refractivity contribution < 1.29 is 14.4 Å². The van der Waals surface area contributed by atoms with E-state index in [4.69, 9.17) is 0 Å². The standard InChI is InChI=1S/C27H30N6O3/c1-18(25(34)28-11-10-20-17-29-23-9-5-3-7-21(20)23)30-27(36)33-14-12-32(13-15-33)26(35)24-16-19-6-2-4-8-22(19)31-24/h2-9,16-18,29,31H,10-15H2,1H3,(H,28,34)(H,30,36)/t18-/m1/s1. The van der Waals surface area contributed by atoms with Gasteiger partial charge >= 0.3 is 6.03 Å². The van der Waals surface area contributed by atoms with E-state index in [-0.39, 0.29) is 17.8 Å². The number of hydrogen-bond acceptors (Lipinski definition) is 3. The van der Waals surface area contributed by atoms with E-state index in [1.807, 2.05) is 54.7 Å². The number of fused-ring (bicyclic) bond motifs is 2. The van der Waals surface area contributed by atoms with E-state index in [0.717, 1.165) is 27.4 Å². The summed E-state index contributed by atoms with van der Waals surface area (Å²) in [6.07, 6.45) is 2.66. The van der Waals surface area contributed by atoms with Crippen molar-refractivity contribution in [3.8, 4) is 0 Å². The van der Waals surface area contributed by atoms with Crippen LogP contribution in [-0.2, 0) is 11.2 Å². The van der Waals surface area contributed by atoms with Crippen molar-refractivity contribution in [2.75, 3.05) is 32.7 Å². The Hall–Kier alpha value is -4.27. The number of nitrogens with zero attached hydrogens (tertiary/aromatic N) is 2. The number of hydrogen-bond donors (Lipinski definition) is 4. The lowest BCUT2D eigenvalue weighted by atomic mass is 10.1. The lowest BCUT2D eigenvalue weighted by molar-refractivity contribution is -0.122. The van der Waals surface area contributed by atoms with Crippen molar-refractivity contribution in [1.82, 2.24) is 30.4 Å². The number of H-pyrrole nitrogens is 2. The zero-order valence-electron chi connectivity index (χ0n) is 20.2. The van der Waals surface area contributed by atoms with Crippen molar-refractivity contribution in [2.24, 2.45) is 0 Å². The Kier molecular flexibility index (Phi) is 6.62. The van der Waals surface area contributed by atoms with Gasteiger partial charge in [0.05, 0.1) is 0 Å². The number of carbonyl (C=O) groups excluding carboxylic acids is 3. The van der Waals surface area contributed by atoms with Gasteiger partial charge in [0.25, 0.3) is 5.91 Å². The summed E-state index contributed by atoms with van der Waals surface area (Å²) < 4.78 is 0. The zero-order valence-corrected chi connectivity index (χ0v) is 20.2. The number of para-hydroxylation sites is 2. The first-order valence-corrected chi connectivity index (χ1v) is 12.2. The summed E-state index contributed by atoms with van der Waals surface area (Å²) in [7, 11) is 0. The summed E-state index contributed by atoms with van der Waals surface area (Å²) in [5.41, 5.74) is 3.68. The molecule has 0 spiro atoms. The fourth-order valence-electron chi connectivity index (χ4n) is 4.63. The Labute approximate surface area is 208 Å². The quantitative estimate of drug-likeness (QED) is 0.336. The fourth-order valence-corrected chi connectivity index (χ4v) is 4.63. The number of aromatic amines is 2. The maximum absolute atomic E-state index is 12.9. The van der Waals surface area contributed by atoms with Gasteiger partial charge in [-0.2, -0.15) is 0 Å². The second-order valence-electron chi connectivity index (χ2n) is 9.12. The number of benzene rings is 2. The largest absolute Gasteiger partial charge is 0.361 e. The molecule has 1 aliphatic heterocycles. The van der Waals surface area contributed by atoms with Gasteiger partial charge in [-0.15, -0.1) is 0 Å². The van der Waals surface area contributed by atoms with Gasteiger partial charge in [0, 0.05) is 60.7 Å². The molecule has 36 heavy (non-hydrogen) atoms. The van der Waals surface area contributed by atoms with E-state index in [1.165, 1.54) is 0 Å². The van der Waals surface area contributed by atoms with Crippen molar-refractivity contribution >= 4 is 39.7 Å². The first kappa shape index (κ1) is 23.5. The minimum atomic E-state index is -0.661. The Morgan fingerprint density at radius 2 is 1.64 bits per heavy atom. The van der Waals surface area contributed by atoms with Crippen molar-refractivity contribution in [3.05, 3.63) is 72.1 Å². The maximum Gasteiger partial charge on any atom is 0.318 e. The summed E-state index contributed by atoms with van der Waals surface area (Å²) in [6.45, 7) is 3.85. The van der Waals surface area contributed by atoms with Crippen LogP contribution in [0, 0.1) is 0 Å². The van der Waals surface area contributed by atoms with Crippen LogP contribution in [0.2, 0.25) is 0 Å². The molecule has 2 aromatic heterocycles. The molecule has 0 aliphatic carbocycles. The molecule has 5 rings (SSSR count). The van der Waals surface area contributed by atoms with E-state index >= 15 is 0 Å². The molecule has 1 saturated heterocycles. The zero-order chi connectivity index (χ0) is 25.1. The predicted molar refractivity (Wildman–Crippen MR) is 139 cm³/mol. The molecule has 1 atom stereocenters. The molecule has 0 radical (unpaired) electrons. The van der Waals surface area contributed by atoms with Crippen LogP contribution in [0.1, 0.15) is 23.0 Å². The van der Waals surface area contributed by atoms with Crippen LogP contribution in [0.15, 0.2) is 60.8 Å². The second kappa shape index (κ2) is 10.2. The third-order valence-electron chi connectivity index (χ3n) is 6.72. The van der Waals surface area contributed by atoms with Crippen molar-refractivity contribution in [2.45, 2.75) is 19.4 Å². The fraction of sp³-hybridized carbons (Fsp3) is 0.296. The minimum absolute atomic E-state index is 0.0748. The molecule has 0 unspecified atom stereocenters. The van der Waals surface area contributed by atoms with Crippen LogP contribution in [0.25, 0.3) is 21.8 Å². The molecule has 1 aliphatic rings. The number of amides is 4. The van der Waals surface area contributed by atoms with Gasteiger partial charge in [-0.1, -0.05) is 36.4 Å².